The van der Waals surface area contributed by atoms with Gasteiger partial charge in [0.15, 0.2) is 0 Å². The van der Waals surface area contributed by atoms with Gasteiger partial charge in [-0.05, 0) is 0 Å². The molecule has 6 heavy (non-hydrogen) atoms. The molecule has 0 aliphatic carbocycles. The van der Waals surface area contributed by atoms with Gasteiger partial charge in [0.1, 0.15) is 0 Å². The summed E-state index contributed by atoms with van der Waals surface area (Å²) in [6.07, 6.45) is 0. The van der Waals surface area contributed by atoms with Crippen molar-refractivity contribution in [3.8, 4) is 0 Å². The second-order valence-corrected chi connectivity index (χ2v) is 0. The van der Waals surface area contributed by atoms with Crippen molar-refractivity contribution in [2.75, 3.05) is 0 Å². The van der Waals surface area contributed by atoms with Crippen LogP contribution >= 0.6 is 0 Å². The molecule has 0 fully saturated rings. The van der Waals surface area contributed by atoms with E-state index in [0.717, 1.165) is 0 Å². The van der Waals surface area contributed by atoms with Gasteiger partial charge in [0.2, 0.25) is 0 Å². The maximum absolute atomic E-state index is 0. The molecule has 0 aromatic heterocycles. The Balaban J connectivity index is 0. The first-order valence-electron chi connectivity index (χ1n) is 0. The van der Waals surface area contributed by atoms with Crippen LogP contribution in [0.5, 0.6) is 0 Å². The fourth-order valence-corrected chi connectivity index (χ4v) is 0. The van der Waals surface area contributed by atoms with Gasteiger partial charge in [-0.1, -0.05) is 0 Å². The van der Waals surface area contributed by atoms with Crippen LogP contribution in [0.1, 0.15) is 0 Å². The van der Waals surface area contributed by atoms with E-state index < -0.39 is 0 Å². The Morgan fingerprint density at radius 2 is 0.500 bits per heavy atom. The first kappa shape index (κ1) is 106. The van der Waals surface area contributed by atoms with Gasteiger partial charge >= 0.3 is 27.3 Å². The molecule has 0 saturated carbocycles. The van der Waals surface area contributed by atoms with E-state index in [4.69, 9.17) is 0 Å². The number of hydrogen-bond donors (Lipinski definition) is 0. The Morgan fingerprint density at radius 3 is 0.500 bits per heavy atom. The van der Waals surface area contributed by atoms with Crippen molar-refractivity contribution in [1.29, 1.82) is 0 Å². The van der Waals surface area contributed by atoms with Gasteiger partial charge in [-0.2, -0.15) is 0 Å². The summed E-state index contributed by atoms with van der Waals surface area (Å²) in [6.45, 7) is 0. The molecule has 0 amide bonds. The summed E-state index contributed by atoms with van der Waals surface area (Å²) in [5.41, 5.74) is 0. The molecule has 42 valence electrons. The average molecular weight is 367 g/mol. The molecule has 0 aromatic rings. The molecular formula is H8Cr2O3Pb. The molecule has 3 nitrogen and oxygen atoms in total. The molecule has 0 heterocycles. The van der Waals surface area contributed by atoms with Crippen molar-refractivity contribution in [3.05, 3.63) is 0 Å². The molecular weight excluding hydrogens is 359 g/mol. The molecule has 0 spiro atoms. The van der Waals surface area contributed by atoms with E-state index in [1.54, 1.807) is 0 Å². The summed E-state index contributed by atoms with van der Waals surface area (Å²) >= 11 is 0. The van der Waals surface area contributed by atoms with Gasteiger partial charge in [0.25, 0.3) is 0 Å². The molecule has 6 heteroatoms. The van der Waals surface area contributed by atoms with Crippen molar-refractivity contribution >= 4 is 27.3 Å². The first-order valence-corrected chi connectivity index (χ1v) is 0. The normalized spacial score (nSPS) is 0. The fraction of sp³-hybridized carbons (Fsp3) is 0. The van der Waals surface area contributed by atoms with Crippen LogP contribution < -0.4 is 0 Å². The topological polar surface area (TPSA) is 94.5 Å². The standard InChI is InChI=1S/2Cr.3H2O.Pb.2H/h;;3*1H2;;;. The Kier molecular flexibility index (Phi) is 1200. The number of hydrogen-bond acceptors (Lipinski definition) is 0. The third-order valence-electron chi connectivity index (χ3n) is 0. The third kappa shape index (κ3) is 39.9. The summed E-state index contributed by atoms with van der Waals surface area (Å²) in [4.78, 5) is 0. The molecule has 0 unspecified atom stereocenters. The summed E-state index contributed by atoms with van der Waals surface area (Å²) < 4.78 is 0. The first-order chi connectivity index (χ1) is 0. The van der Waals surface area contributed by atoms with Crippen LogP contribution in [0.4, 0.5) is 0 Å². The van der Waals surface area contributed by atoms with Crippen molar-refractivity contribution < 1.29 is 51.2 Å². The zero-order valence-corrected chi connectivity index (χ0v) is 11.1. The summed E-state index contributed by atoms with van der Waals surface area (Å²) in [7, 11) is 0. The van der Waals surface area contributed by atoms with Gasteiger partial charge < -0.3 is 16.4 Å². The molecule has 0 aliphatic heterocycles. The van der Waals surface area contributed by atoms with Crippen LogP contribution in [-0.2, 0) is 34.7 Å². The molecule has 6 N–H and O–H groups in total. The van der Waals surface area contributed by atoms with Crippen molar-refractivity contribution in [3.63, 3.8) is 0 Å². The fourth-order valence-electron chi connectivity index (χ4n) is 0. The third-order valence-corrected chi connectivity index (χ3v) is 0. The van der Waals surface area contributed by atoms with Crippen LogP contribution in [0.2, 0.25) is 0 Å². The van der Waals surface area contributed by atoms with E-state index in [-0.39, 0.29) is 78.4 Å². The zero-order chi connectivity index (χ0) is 0. The van der Waals surface area contributed by atoms with E-state index >= 15 is 0 Å². The molecule has 0 bridgehead atoms. The SMILES string of the molecule is O.O.O.[Cr].[Cr].[PbH2]. The van der Waals surface area contributed by atoms with Crippen molar-refractivity contribution in [2.24, 2.45) is 0 Å². The maximum atomic E-state index is 0. The zero-order valence-electron chi connectivity index (χ0n) is 3.02. The predicted octanol–water partition coefficient (Wildman–Crippen LogP) is -3.40. The Hall–Kier alpha value is 1.87. The van der Waals surface area contributed by atoms with Crippen LogP contribution in [0.15, 0.2) is 0 Å². The molecule has 0 atom stereocenters. The molecule has 0 aromatic carbocycles. The molecule has 0 saturated heterocycles. The average Bonchev–Trinajstić information content (AvgIpc) is 0. The summed E-state index contributed by atoms with van der Waals surface area (Å²) in [5, 5.41) is 0. The van der Waals surface area contributed by atoms with Gasteiger partial charge in [-0.3, -0.25) is 0 Å². The van der Waals surface area contributed by atoms with E-state index in [9.17, 15) is 0 Å². The summed E-state index contributed by atoms with van der Waals surface area (Å²) in [6, 6.07) is 0. The second-order valence-electron chi connectivity index (χ2n) is 0. The van der Waals surface area contributed by atoms with Gasteiger partial charge in [-0.25, -0.2) is 0 Å². The van der Waals surface area contributed by atoms with Crippen LogP contribution in [-0.4, -0.2) is 43.7 Å². The van der Waals surface area contributed by atoms with Gasteiger partial charge in [0, 0.05) is 34.7 Å². The molecule has 0 aliphatic rings. The number of rotatable bonds is 0. The predicted molar refractivity (Wildman–Crippen MR) is 19.4 cm³/mol. The van der Waals surface area contributed by atoms with E-state index in [1.165, 1.54) is 0 Å². The Bertz CT molecular complexity index is 8.75. The Morgan fingerprint density at radius 1 is 0.500 bits per heavy atom. The van der Waals surface area contributed by atoms with Crippen molar-refractivity contribution in [1.82, 2.24) is 0 Å². The minimum atomic E-state index is 0. The second kappa shape index (κ2) is 67.8. The van der Waals surface area contributed by atoms with Crippen LogP contribution in [0.3, 0.4) is 0 Å². The quantitative estimate of drug-likeness (QED) is 0.399. The minimum absolute atomic E-state index is 0. The van der Waals surface area contributed by atoms with Crippen molar-refractivity contribution in [2.45, 2.75) is 0 Å². The van der Waals surface area contributed by atoms with Crippen LogP contribution in [0.25, 0.3) is 0 Å². The molecule has 2 radical (unpaired) electrons. The van der Waals surface area contributed by atoms with Crippen LogP contribution in [0, 0.1) is 0 Å². The van der Waals surface area contributed by atoms with E-state index in [0.29, 0.717) is 0 Å². The Labute approximate surface area is 77.8 Å². The van der Waals surface area contributed by atoms with Gasteiger partial charge in [0.05, 0.1) is 0 Å². The van der Waals surface area contributed by atoms with E-state index in [1.807, 2.05) is 0 Å². The van der Waals surface area contributed by atoms with E-state index in [2.05, 4.69) is 0 Å². The summed E-state index contributed by atoms with van der Waals surface area (Å²) in [5.74, 6) is 0. The monoisotopic (exact) mass is 368 g/mol. The molecule has 0 rings (SSSR count). The van der Waals surface area contributed by atoms with Gasteiger partial charge in [-0.15, -0.1) is 0 Å².